The van der Waals surface area contributed by atoms with Crippen LogP contribution in [0.4, 0.5) is 11.4 Å². The van der Waals surface area contributed by atoms with Crippen molar-refractivity contribution in [1.29, 1.82) is 0 Å². The Balaban J connectivity index is 1.63. The van der Waals surface area contributed by atoms with Gasteiger partial charge in [0.2, 0.25) is 5.91 Å². The van der Waals surface area contributed by atoms with Crippen molar-refractivity contribution in [2.45, 2.75) is 31.7 Å². The van der Waals surface area contributed by atoms with Crippen LogP contribution < -0.4 is 9.62 Å². The number of hydrogen-bond donors (Lipinski definition) is 1. The van der Waals surface area contributed by atoms with Gasteiger partial charge in [-0.1, -0.05) is 24.3 Å². The molecule has 160 valence electrons. The third-order valence-corrected chi connectivity index (χ3v) is 7.27. The highest BCUT2D eigenvalue weighted by Crippen LogP contribution is 2.43. The second-order valence-electron chi connectivity index (χ2n) is 7.35. The minimum Gasteiger partial charge on any atom is -0.462 e. The molecule has 0 fully saturated rings. The predicted octanol–water partition coefficient (Wildman–Crippen LogP) is 3.86. The highest BCUT2D eigenvalue weighted by atomic mass is 32.2. The van der Waals surface area contributed by atoms with Crippen molar-refractivity contribution >= 4 is 44.0 Å². The van der Waals surface area contributed by atoms with E-state index < -0.39 is 27.9 Å². The van der Waals surface area contributed by atoms with Crippen molar-refractivity contribution in [2.24, 2.45) is 0 Å². The van der Waals surface area contributed by atoms with E-state index in [-0.39, 0.29) is 11.5 Å². The molecule has 1 aliphatic heterocycles. The molecule has 31 heavy (non-hydrogen) atoms. The van der Waals surface area contributed by atoms with Crippen LogP contribution in [0.5, 0.6) is 0 Å². The van der Waals surface area contributed by atoms with Crippen LogP contribution in [0, 0.1) is 6.92 Å². The van der Waals surface area contributed by atoms with Crippen LogP contribution in [-0.2, 0) is 19.6 Å². The maximum Gasteiger partial charge on any atom is 0.338 e. The summed E-state index contributed by atoms with van der Waals surface area (Å²) in [6, 6.07) is 14.3. The number of anilines is 2. The third-order valence-electron chi connectivity index (χ3n) is 5.35. The fraction of sp³-hybridized carbons (Fsp3) is 0.217. The van der Waals surface area contributed by atoms with Crippen molar-refractivity contribution in [2.75, 3.05) is 16.2 Å². The molecule has 4 rings (SSSR count). The Kier molecular flexibility index (Phi) is 5.18. The number of carbonyl (C=O) groups excluding carboxylic acids is 2. The number of sulfonamides is 1. The quantitative estimate of drug-likeness (QED) is 0.611. The van der Waals surface area contributed by atoms with Gasteiger partial charge in [-0.25, -0.2) is 13.2 Å². The van der Waals surface area contributed by atoms with Gasteiger partial charge in [-0.05, 0) is 62.1 Å². The Bertz CT molecular complexity index is 1310. The summed E-state index contributed by atoms with van der Waals surface area (Å²) < 4.78 is 32.6. The minimum absolute atomic E-state index is 0.204. The van der Waals surface area contributed by atoms with Gasteiger partial charge in [-0.2, -0.15) is 0 Å². The fourth-order valence-corrected chi connectivity index (χ4v) is 5.69. The van der Waals surface area contributed by atoms with Crippen LogP contribution in [0.2, 0.25) is 0 Å². The number of amides is 1. The van der Waals surface area contributed by atoms with E-state index in [2.05, 4.69) is 5.32 Å². The SMILES string of the molecule is CCOC(=O)c1ccc(NC(=O)[C@H](C)N2c3cccc4cccc(c34)S2(=O)=O)c(C)c1. The van der Waals surface area contributed by atoms with Crippen LogP contribution in [-0.4, -0.2) is 32.9 Å². The molecule has 1 N–H and O–H groups in total. The minimum atomic E-state index is -3.86. The van der Waals surface area contributed by atoms with E-state index in [4.69, 9.17) is 4.74 Å². The average molecular weight is 439 g/mol. The molecule has 0 bridgehead atoms. The number of nitrogens with one attached hydrogen (secondary N) is 1. The van der Waals surface area contributed by atoms with Gasteiger partial charge in [0.05, 0.1) is 22.8 Å². The Morgan fingerprint density at radius 2 is 1.81 bits per heavy atom. The molecule has 0 unspecified atom stereocenters. The summed E-state index contributed by atoms with van der Waals surface area (Å²) in [7, 11) is -3.86. The summed E-state index contributed by atoms with van der Waals surface area (Å²) in [4.78, 5) is 25.1. The van der Waals surface area contributed by atoms with E-state index in [0.717, 1.165) is 5.39 Å². The molecule has 1 heterocycles. The van der Waals surface area contributed by atoms with Gasteiger partial charge in [0.1, 0.15) is 6.04 Å². The highest BCUT2D eigenvalue weighted by Gasteiger charge is 2.40. The lowest BCUT2D eigenvalue weighted by molar-refractivity contribution is -0.116. The van der Waals surface area contributed by atoms with Gasteiger partial charge in [-0.3, -0.25) is 9.10 Å². The molecule has 0 spiro atoms. The normalized spacial score (nSPS) is 15.0. The van der Waals surface area contributed by atoms with Gasteiger partial charge in [0.15, 0.2) is 0 Å². The van der Waals surface area contributed by atoms with Crippen molar-refractivity contribution in [3.63, 3.8) is 0 Å². The van der Waals surface area contributed by atoms with E-state index in [1.54, 1.807) is 63.2 Å². The van der Waals surface area contributed by atoms with E-state index in [9.17, 15) is 18.0 Å². The monoisotopic (exact) mass is 438 g/mol. The van der Waals surface area contributed by atoms with Gasteiger partial charge >= 0.3 is 5.97 Å². The number of esters is 1. The molecule has 1 amide bonds. The van der Waals surface area contributed by atoms with Crippen molar-refractivity contribution < 1.29 is 22.7 Å². The smallest absolute Gasteiger partial charge is 0.338 e. The topological polar surface area (TPSA) is 92.8 Å². The standard InChI is InChI=1S/C23H22N2O5S/c1-4-30-23(27)17-11-12-18(14(2)13-17)24-22(26)15(3)25-19-9-5-7-16-8-6-10-20(21(16)19)31(25,28)29/h5-13,15H,4H2,1-3H3,(H,24,26)/t15-/m0/s1. The molecule has 1 aliphatic rings. The zero-order valence-corrected chi connectivity index (χ0v) is 18.2. The first-order valence-electron chi connectivity index (χ1n) is 9.90. The van der Waals surface area contributed by atoms with E-state index >= 15 is 0 Å². The number of hydrogen-bond acceptors (Lipinski definition) is 5. The number of benzene rings is 3. The Morgan fingerprint density at radius 3 is 2.48 bits per heavy atom. The highest BCUT2D eigenvalue weighted by molar-refractivity contribution is 7.93. The lowest BCUT2D eigenvalue weighted by atomic mass is 10.1. The molecule has 0 aliphatic carbocycles. The number of rotatable bonds is 5. The molecule has 1 atom stereocenters. The summed E-state index contributed by atoms with van der Waals surface area (Å²) >= 11 is 0. The third kappa shape index (κ3) is 3.42. The zero-order valence-electron chi connectivity index (χ0n) is 17.4. The largest absolute Gasteiger partial charge is 0.462 e. The fourth-order valence-electron chi connectivity index (χ4n) is 3.83. The number of carbonyl (C=O) groups is 2. The molecule has 0 radical (unpaired) electrons. The summed E-state index contributed by atoms with van der Waals surface area (Å²) in [5.41, 5.74) is 2.04. The van der Waals surface area contributed by atoms with Crippen LogP contribution in [0.25, 0.3) is 10.8 Å². The molecule has 8 heteroatoms. The second-order valence-corrected chi connectivity index (χ2v) is 9.13. The van der Waals surface area contributed by atoms with Crippen LogP contribution in [0.15, 0.2) is 59.5 Å². The molecule has 0 saturated carbocycles. The molecule has 0 saturated heterocycles. The van der Waals surface area contributed by atoms with E-state index in [1.165, 1.54) is 4.31 Å². The predicted molar refractivity (Wildman–Crippen MR) is 119 cm³/mol. The number of nitrogens with zero attached hydrogens (tertiary/aromatic N) is 1. The zero-order chi connectivity index (χ0) is 22.3. The van der Waals surface area contributed by atoms with E-state index in [1.807, 2.05) is 12.1 Å². The Morgan fingerprint density at radius 1 is 1.10 bits per heavy atom. The van der Waals surface area contributed by atoms with Crippen molar-refractivity contribution in [1.82, 2.24) is 0 Å². The molecule has 3 aromatic carbocycles. The van der Waals surface area contributed by atoms with Gasteiger partial charge in [0.25, 0.3) is 10.0 Å². The summed E-state index contributed by atoms with van der Waals surface area (Å²) in [5, 5.41) is 4.21. The van der Waals surface area contributed by atoms with Gasteiger partial charge in [0, 0.05) is 11.1 Å². The molecular weight excluding hydrogens is 416 g/mol. The summed E-state index contributed by atoms with van der Waals surface area (Å²) in [6.07, 6.45) is 0. The Labute approximate surface area is 180 Å². The summed E-state index contributed by atoms with van der Waals surface area (Å²) in [5.74, 6) is -0.911. The molecule has 7 nitrogen and oxygen atoms in total. The number of aryl methyl sites for hydroxylation is 1. The van der Waals surface area contributed by atoms with Gasteiger partial charge < -0.3 is 10.1 Å². The van der Waals surface area contributed by atoms with Crippen molar-refractivity contribution in [3.8, 4) is 0 Å². The first kappa shape index (κ1) is 20.9. The average Bonchev–Trinajstić information content (AvgIpc) is 2.97. The van der Waals surface area contributed by atoms with E-state index in [0.29, 0.717) is 27.9 Å². The molecular formula is C23H22N2O5S. The summed E-state index contributed by atoms with van der Waals surface area (Å²) in [6.45, 7) is 5.31. The maximum atomic E-state index is 13.2. The first-order valence-corrected chi connectivity index (χ1v) is 11.3. The lowest BCUT2D eigenvalue weighted by Crippen LogP contribution is -2.44. The number of ether oxygens (including phenoxy) is 1. The van der Waals surface area contributed by atoms with Crippen LogP contribution >= 0.6 is 0 Å². The second kappa shape index (κ2) is 7.70. The lowest BCUT2D eigenvalue weighted by Gasteiger charge is -2.25. The first-order chi connectivity index (χ1) is 14.8. The van der Waals surface area contributed by atoms with Crippen molar-refractivity contribution in [3.05, 3.63) is 65.7 Å². The maximum absolute atomic E-state index is 13.2. The van der Waals surface area contributed by atoms with Gasteiger partial charge in [-0.15, -0.1) is 0 Å². The van der Waals surface area contributed by atoms with Crippen LogP contribution in [0.1, 0.15) is 29.8 Å². The molecule has 3 aromatic rings. The molecule has 0 aromatic heterocycles. The van der Waals surface area contributed by atoms with Crippen LogP contribution in [0.3, 0.4) is 0 Å². The Hall–Kier alpha value is -3.39.